The summed E-state index contributed by atoms with van der Waals surface area (Å²) < 4.78 is 0. The Bertz CT molecular complexity index is 515. The number of aliphatic imine (C=N–C) groups is 1. The third-order valence-electron chi connectivity index (χ3n) is 5.06. The molecule has 24 heavy (non-hydrogen) atoms. The molecule has 1 saturated carbocycles. The minimum Gasteiger partial charge on any atom is -0.356 e. The van der Waals surface area contributed by atoms with Crippen LogP contribution in [0.5, 0.6) is 0 Å². The summed E-state index contributed by atoms with van der Waals surface area (Å²) in [6.45, 7) is 5.62. The molecule has 1 saturated heterocycles. The maximum absolute atomic E-state index is 4.37. The molecule has 2 atom stereocenters. The second-order valence-corrected chi connectivity index (χ2v) is 7.07. The van der Waals surface area contributed by atoms with Crippen LogP contribution in [0.1, 0.15) is 38.2 Å². The molecule has 2 aliphatic rings. The number of hydrogen-bond acceptors (Lipinski definition) is 2. The highest BCUT2D eigenvalue weighted by molar-refractivity contribution is 14.0. The third kappa shape index (κ3) is 5.92. The van der Waals surface area contributed by atoms with E-state index >= 15 is 0 Å². The highest BCUT2D eigenvalue weighted by Gasteiger charge is 2.26. The van der Waals surface area contributed by atoms with Gasteiger partial charge in [0.25, 0.3) is 0 Å². The van der Waals surface area contributed by atoms with Crippen LogP contribution in [0, 0.1) is 5.92 Å². The van der Waals surface area contributed by atoms with Gasteiger partial charge in [0.05, 0.1) is 0 Å². The van der Waals surface area contributed by atoms with E-state index in [0.717, 1.165) is 31.5 Å². The van der Waals surface area contributed by atoms with E-state index in [1.807, 2.05) is 7.05 Å². The van der Waals surface area contributed by atoms with Crippen LogP contribution in [0.4, 0.5) is 0 Å². The van der Waals surface area contributed by atoms with E-state index in [2.05, 4.69) is 57.8 Å². The molecule has 1 aromatic carbocycles. The van der Waals surface area contributed by atoms with Crippen molar-refractivity contribution in [2.24, 2.45) is 10.9 Å². The first-order valence-electron chi connectivity index (χ1n) is 8.99. The maximum atomic E-state index is 4.37. The fourth-order valence-electron chi connectivity index (χ4n) is 3.36. The average molecular weight is 442 g/mol. The standard InChI is InChI=1S/C19H30N4.HI/c1-15-12-18(22-19(20-2)21-13-16-8-9-16)10-11-23(15)14-17-6-4-3-5-7-17;/h3-7,15-16,18H,8-14H2,1-2H3,(H2,20,21,22);1H. The van der Waals surface area contributed by atoms with E-state index in [-0.39, 0.29) is 24.0 Å². The van der Waals surface area contributed by atoms with Crippen LogP contribution in [-0.4, -0.2) is 43.1 Å². The van der Waals surface area contributed by atoms with Crippen molar-refractivity contribution in [1.29, 1.82) is 0 Å². The average Bonchev–Trinajstić information content (AvgIpc) is 3.39. The second kappa shape index (κ2) is 9.61. The van der Waals surface area contributed by atoms with Crippen molar-refractivity contribution in [2.75, 3.05) is 20.1 Å². The summed E-state index contributed by atoms with van der Waals surface area (Å²) in [5.41, 5.74) is 1.41. The topological polar surface area (TPSA) is 39.7 Å². The van der Waals surface area contributed by atoms with E-state index in [9.17, 15) is 0 Å². The molecule has 0 amide bonds. The smallest absolute Gasteiger partial charge is 0.191 e. The number of nitrogens with zero attached hydrogens (tertiary/aromatic N) is 2. The number of nitrogens with one attached hydrogen (secondary N) is 2. The van der Waals surface area contributed by atoms with Crippen LogP contribution in [0.25, 0.3) is 0 Å². The number of halogens is 1. The predicted molar refractivity (Wildman–Crippen MR) is 112 cm³/mol. The van der Waals surface area contributed by atoms with Crippen LogP contribution in [0.3, 0.4) is 0 Å². The van der Waals surface area contributed by atoms with Crippen LogP contribution >= 0.6 is 24.0 Å². The molecule has 134 valence electrons. The summed E-state index contributed by atoms with van der Waals surface area (Å²) >= 11 is 0. The summed E-state index contributed by atoms with van der Waals surface area (Å²) in [6, 6.07) is 11.9. The number of rotatable bonds is 5. The Hall–Kier alpha value is -0.820. The molecule has 2 N–H and O–H groups in total. The van der Waals surface area contributed by atoms with E-state index in [1.54, 1.807) is 0 Å². The SMILES string of the molecule is CN=C(NCC1CC1)NC1CCN(Cc2ccccc2)C(C)C1.I. The van der Waals surface area contributed by atoms with Gasteiger partial charge in [-0.05, 0) is 44.1 Å². The summed E-state index contributed by atoms with van der Waals surface area (Å²) in [6.07, 6.45) is 5.11. The molecule has 0 spiro atoms. The monoisotopic (exact) mass is 442 g/mol. The zero-order chi connectivity index (χ0) is 16.1. The first-order valence-corrected chi connectivity index (χ1v) is 8.99. The predicted octanol–water partition coefficient (Wildman–Crippen LogP) is 3.23. The maximum Gasteiger partial charge on any atom is 0.191 e. The van der Waals surface area contributed by atoms with Gasteiger partial charge in [-0.2, -0.15) is 0 Å². The number of guanidine groups is 1. The Labute approximate surface area is 163 Å². The van der Waals surface area contributed by atoms with Gasteiger partial charge in [0, 0.05) is 38.8 Å². The lowest BCUT2D eigenvalue weighted by molar-refractivity contribution is 0.134. The largest absolute Gasteiger partial charge is 0.356 e. The molecular formula is C19H31IN4. The van der Waals surface area contributed by atoms with Crippen LogP contribution in [0.2, 0.25) is 0 Å². The van der Waals surface area contributed by atoms with Crippen molar-refractivity contribution in [3.8, 4) is 0 Å². The molecular weight excluding hydrogens is 411 g/mol. The lowest BCUT2D eigenvalue weighted by atomic mass is 9.97. The zero-order valence-corrected chi connectivity index (χ0v) is 17.2. The fourth-order valence-corrected chi connectivity index (χ4v) is 3.36. The molecule has 1 aliphatic heterocycles. The zero-order valence-electron chi connectivity index (χ0n) is 14.9. The molecule has 2 unspecified atom stereocenters. The van der Waals surface area contributed by atoms with E-state index in [4.69, 9.17) is 0 Å². The molecule has 0 aromatic heterocycles. The highest BCUT2D eigenvalue weighted by Crippen LogP contribution is 2.27. The number of likely N-dealkylation sites (tertiary alicyclic amines) is 1. The Kier molecular flexibility index (Phi) is 7.81. The van der Waals surface area contributed by atoms with Crippen molar-refractivity contribution in [2.45, 2.75) is 51.2 Å². The lowest BCUT2D eigenvalue weighted by Gasteiger charge is -2.38. The van der Waals surface area contributed by atoms with Crippen molar-refractivity contribution in [3.05, 3.63) is 35.9 Å². The van der Waals surface area contributed by atoms with Gasteiger partial charge < -0.3 is 10.6 Å². The Morgan fingerprint density at radius 2 is 1.96 bits per heavy atom. The van der Waals surface area contributed by atoms with E-state index in [0.29, 0.717) is 12.1 Å². The van der Waals surface area contributed by atoms with Gasteiger partial charge >= 0.3 is 0 Å². The molecule has 4 nitrogen and oxygen atoms in total. The summed E-state index contributed by atoms with van der Waals surface area (Å²) in [7, 11) is 1.87. The van der Waals surface area contributed by atoms with Gasteiger partial charge in [0.15, 0.2) is 5.96 Å². The van der Waals surface area contributed by atoms with E-state index in [1.165, 1.54) is 31.2 Å². The Morgan fingerprint density at radius 1 is 1.21 bits per heavy atom. The van der Waals surface area contributed by atoms with Crippen LogP contribution in [0.15, 0.2) is 35.3 Å². The van der Waals surface area contributed by atoms with Gasteiger partial charge in [0.2, 0.25) is 0 Å². The normalized spacial score (nSPS) is 25.0. The lowest BCUT2D eigenvalue weighted by Crippen LogP contribution is -2.51. The molecule has 0 bridgehead atoms. The molecule has 1 aliphatic carbocycles. The molecule has 2 fully saturated rings. The molecule has 0 radical (unpaired) electrons. The van der Waals surface area contributed by atoms with Crippen molar-refractivity contribution < 1.29 is 0 Å². The first kappa shape index (κ1) is 19.5. The molecule has 1 heterocycles. The van der Waals surface area contributed by atoms with Crippen LogP contribution in [-0.2, 0) is 6.54 Å². The van der Waals surface area contributed by atoms with Crippen molar-refractivity contribution in [1.82, 2.24) is 15.5 Å². The van der Waals surface area contributed by atoms with Crippen molar-refractivity contribution >= 4 is 29.9 Å². The summed E-state index contributed by atoms with van der Waals surface area (Å²) in [4.78, 5) is 6.97. The van der Waals surface area contributed by atoms with Gasteiger partial charge in [-0.25, -0.2) is 0 Å². The van der Waals surface area contributed by atoms with Gasteiger partial charge in [-0.1, -0.05) is 30.3 Å². The number of hydrogen-bond donors (Lipinski definition) is 2. The van der Waals surface area contributed by atoms with Crippen LogP contribution < -0.4 is 10.6 Å². The Balaban J connectivity index is 0.00000208. The first-order chi connectivity index (χ1) is 11.2. The summed E-state index contributed by atoms with van der Waals surface area (Å²) in [5, 5.41) is 7.09. The number of piperidine rings is 1. The third-order valence-corrected chi connectivity index (χ3v) is 5.06. The fraction of sp³-hybridized carbons (Fsp3) is 0.632. The van der Waals surface area contributed by atoms with Gasteiger partial charge in [-0.3, -0.25) is 9.89 Å². The summed E-state index contributed by atoms with van der Waals surface area (Å²) in [5.74, 6) is 1.85. The molecule has 3 rings (SSSR count). The minimum absolute atomic E-state index is 0. The molecule has 1 aromatic rings. The highest BCUT2D eigenvalue weighted by atomic mass is 127. The van der Waals surface area contributed by atoms with Gasteiger partial charge in [-0.15, -0.1) is 24.0 Å². The Morgan fingerprint density at radius 3 is 2.58 bits per heavy atom. The number of benzene rings is 1. The minimum atomic E-state index is 0. The van der Waals surface area contributed by atoms with Crippen molar-refractivity contribution in [3.63, 3.8) is 0 Å². The quantitative estimate of drug-likeness (QED) is 0.418. The molecule has 5 heteroatoms. The second-order valence-electron chi connectivity index (χ2n) is 7.07. The van der Waals surface area contributed by atoms with E-state index < -0.39 is 0 Å². The van der Waals surface area contributed by atoms with Gasteiger partial charge in [0.1, 0.15) is 0 Å².